The van der Waals surface area contributed by atoms with Gasteiger partial charge in [-0.25, -0.2) is 4.79 Å². The van der Waals surface area contributed by atoms with Gasteiger partial charge in [0.2, 0.25) is 0 Å². The van der Waals surface area contributed by atoms with Crippen LogP contribution in [0.1, 0.15) is 83.1 Å². The number of Topliss-reactive ketones (excluding diaryl/α,β-unsaturated/α-hetero) is 1. The standard InChI is InChI=1S/C22H35NO3/c1-2-21(24)17-13-8-6-4-3-5-7-9-14-18-23-22(25)26-19-20-15-11-10-12-16-20/h10-12,15-16H,2-9,13-14,17-19H2,1H3,(H,23,25). The maximum Gasteiger partial charge on any atom is 0.407 e. The molecule has 0 heterocycles. The van der Waals surface area contributed by atoms with E-state index in [9.17, 15) is 9.59 Å². The van der Waals surface area contributed by atoms with Crippen LogP contribution in [0.4, 0.5) is 4.79 Å². The molecule has 4 nitrogen and oxygen atoms in total. The lowest BCUT2D eigenvalue weighted by atomic mass is 10.0. The van der Waals surface area contributed by atoms with Gasteiger partial charge in [0, 0.05) is 19.4 Å². The molecule has 0 saturated carbocycles. The third-order valence-corrected chi connectivity index (χ3v) is 4.51. The van der Waals surface area contributed by atoms with E-state index in [-0.39, 0.29) is 6.09 Å². The van der Waals surface area contributed by atoms with Gasteiger partial charge in [0.05, 0.1) is 0 Å². The molecule has 1 aromatic carbocycles. The lowest BCUT2D eigenvalue weighted by Crippen LogP contribution is -2.25. The molecule has 0 unspecified atom stereocenters. The number of nitrogens with one attached hydrogen (secondary N) is 1. The monoisotopic (exact) mass is 361 g/mol. The first-order valence-corrected chi connectivity index (χ1v) is 10.2. The smallest absolute Gasteiger partial charge is 0.407 e. The Balaban J connectivity index is 1.81. The fourth-order valence-electron chi connectivity index (χ4n) is 2.83. The summed E-state index contributed by atoms with van der Waals surface area (Å²) in [4.78, 5) is 22.8. The Hall–Kier alpha value is -1.84. The summed E-state index contributed by atoms with van der Waals surface area (Å²) >= 11 is 0. The van der Waals surface area contributed by atoms with Crippen molar-refractivity contribution in [1.82, 2.24) is 5.32 Å². The summed E-state index contributed by atoms with van der Waals surface area (Å²) in [5.74, 6) is 0.391. The maximum atomic E-state index is 11.6. The molecule has 1 aromatic rings. The highest BCUT2D eigenvalue weighted by Gasteiger charge is 2.01. The molecular formula is C22H35NO3. The molecule has 4 heteroatoms. The van der Waals surface area contributed by atoms with E-state index in [0.29, 0.717) is 25.4 Å². The van der Waals surface area contributed by atoms with Crippen LogP contribution in [0, 0.1) is 0 Å². The predicted octanol–water partition coefficient (Wildman–Crippen LogP) is 5.79. The number of amides is 1. The van der Waals surface area contributed by atoms with Gasteiger partial charge in [-0.3, -0.25) is 4.79 Å². The lowest BCUT2D eigenvalue weighted by Gasteiger charge is -2.07. The Morgan fingerprint density at radius 2 is 1.42 bits per heavy atom. The van der Waals surface area contributed by atoms with Crippen LogP contribution in [0.2, 0.25) is 0 Å². The molecule has 0 aliphatic heterocycles. The number of hydrogen-bond donors (Lipinski definition) is 1. The van der Waals surface area contributed by atoms with E-state index in [2.05, 4.69) is 5.32 Å². The topological polar surface area (TPSA) is 55.4 Å². The number of carbonyl (C=O) groups is 2. The molecule has 146 valence electrons. The molecule has 1 rings (SSSR count). The largest absolute Gasteiger partial charge is 0.445 e. The van der Waals surface area contributed by atoms with Crippen molar-refractivity contribution in [3.8, 4) is 0 Å². The molecule has 0 atom stereocenters. The molecule has 1 amide bonds. The highest BCUT2D eigenvalue weighted by molar-refractivity contribution is 5.77. The average Bonchev–Trinajstić information content (AvgIpc) is 2.67. The van der Waals surface area contributed by atoms with Crippen molar-refractivity contribution in [2.75, 3.05) is 6.54 Å². The van der Waals surface area contributed by atoms with Crippen molar-refractivity contribution < 1.29 is 14.3 Å². The Morgan fingerprint density at radius 3 is 2.04 bits per heavy atom. The number of rotatable bonds is 15. The second kappa shape index (κ2) is 15.4. The van der Waals surface area contributed by atoms with Gasteiger partial charge in [0.25, 0.3) is 0 Å². The predicted molar refractivity (Wildman–Crippen MR) is 106 cm³/mol. The van der Waals surface area contributed by atoms with Crippen molar-refractivity contribution in [1.29, 1.82) is 0 Å². The minimum Gasteiger partial charge on any atom is -0.445 e. The van der Waals surface area contributed by atoms with Crippen LogP contribution in [-0.2, 0) is 16.1 Å². The zero-order valence-corrected chi connectivity index (χ0v) is 16.3. The van der Waals surface area contributed by atoms with Crippen LogP contribution in [0.15, 0.2) is 30.3 Å². The molecule has 26 heavy (non-hydrogen) atoms. The van der Waals surface area contributed by atoms with Gasteiger partial charge < -0.3 is 10.1 Å². The van der Waals surface area contributed by atoms with Crippen molar-refractivity contribution in [3.63, 3.8) is 0 Å². The van der Waals surface area contributed by atoms with Gasteiger partial charge in [-0.15, -0.1) is 0 Å². The Labute approximate surface area is 158 Å². The van der Waals surface area contributed by atoms with Gasteiger partial charge in [-0.2, -0.15) is 0 Å². The normalized spacial score (nSPS) is 10.5. The highest BCUT2D eigenvalue weighted by atomic mass is 16.5. The fraction of sp³-hybridized carbons (Fsp3) is 0.636. The first-order valence-electron chi connectivity index (χ1n) is 10.2. The molecule has 0 aliphatic rings. The first-order chi connectivity index (χ1) is 12.7. The van der Waals surface area contributed by atoms with Crippen LogP contribution in [-0.4, -0.2) is 18.4 Å². The Morgan fingerprint density at radius 1 is 0.846 bits per heavy atom. The summed E-state index contributed by atoms with van der Waals surface area (Å²) in [6.07, 6.45) is 11.7. The summed E-state index contributed by atoms with van der Waals surface area (Å²) in [6, 6.07) is 9.70. The third kappa shape index (κ3) is 12.5. The SMILES string of the molecule is CCC(=O)CCCCCCCCCCCNC(=O)OCc1ccccc1. The molecule has 0 spiro atoms. The number of unbranched alkanes of at least 4 members (excludes halogenated alkanes) is 8. The van der Waals surface area contributed by atoms with Crippen LogP contribution in [0.5, 0.6) is 0 Å². The maximum absolute atomic E-state index is 11.6. The van der Waals surface area contributed by atoms with E-state index >= 15 is 0 Å². The van der Waals surface area contributed by atoms with Crippen molar-refractivity contribution >= 4 is 11.9 Å². The minimum absolute atomic E-state index is 0.319. The number of ether oxygens (including phenoxy) is 1. The molecule has 1 N–H and O–H groups in total. The number of ketones is 1. The average molecular weight is 362 g/mol. The van der Waals surface area contributed by atoms with Gasteiger partial charge >= 0.3 is 6.09 Å². The lowest BCUT2D eigenvalue weighted by molar-refractivity contribution is -0.118. The quantitative estimate of drug-likeness (QED) is 0.402. The van der Waals surface area contributed by atoms with E-state index in [1.54, 1.807) is 0 Å². The van der Waals surface area contributed by atoms with E-state index in [4.69, 9.17) is 4.74 Å². The molecular weight excluding hydrogens is 326 g/mol. The first kappa shape index (κ1) is 22.2. The number of benzene rings is 1. The van der Waals surface area contributed by atoms with Gasteiger partial charge in [-0.05, 0) is 18.4 Å². The van der Waals surface area contributed by atoms with Crippen LogP contribution >= 0.6 is 0 Å². The summed E-state index contributed by atoms with van der Waals surface area (Å²) in [5.41, 5.74) is 1.000. The van der Waals surface area contributed by atoms with Crippen LogP contribution in [0.3, 0.4) is 0 Å². The molecule has 0 bridgehead atoms. The third-order valence-electron chi connectivity index (χ3n) is 4.51. The van der Waals surface area contributed by atoms with E-state index in [0.717, 1.165) is 31.2 Å². The zero-order valence-electron chi connectivity index (χ0n) is 16.3. The van der Waals surface area contributed by atoms with Crippen molar-refractivity contribution in [2.45, 2.75) is 84.2 Å². The van der Waals surface area contributed by atoms with Crippen LogP contribution < -0.4 is 5.32 Å². The van der Waals surface area contributed by atoms with Crippen LogP contribution in [0.25, 0.3) is 0 Å². The van der Waals surface area contributed by atoms with E-state index in [1.165, 1.54) is 38.5 Å². The minimum atomic E-state index is -0.338. The molecule has 0 radical (unpaired) electrons. The zero-order chi connectivity index (χ0) is 18.9. The summed E-state index contributed by atoms with van der Waals surface area (Å²) < 4.78 is 5.17. The second-order valence-corrected chi connectivity index (χ2v) is 6.81. The number of hydrogen-bond acceptors (Lipinski definition) is 3. The van der Waals surface area contributed by atoms with Crippen molar-refractivity contribution in [2.24, 2.45) is 0 Å². The molecule has 0 aromatic heterocycles. The Bertz CT molecular complexity index is 487. The fourth-order valence-corrected chi connectivity index (χ4v) is 2.83. The molecule has 0 saturated heterocycles. The van der Waals surface area contributed by atoms with E-state index < -0.39 is 0 Å². The molecule has 0 aliphatic carbocycles. The van der Waals surface area contributed by atoms with Gasteiger partial charge in [0.15, 0.2) is 0 Å². The molecule has 0 fully saturated rings. The summed E-state index contributed by atoms with van der Waals surface area (Å²) in [5, 5.41) is 2.80. The van der Waals surface area contributed by atoms with Gasteiger partial charge in [0.1, 0.15) is 12.4 Å². The highest BCUT2D eigenvalue weighted by Crippen LogP contribution is 2.11. The number of alkyl carbamates (subject to hydrolysis) is 1. The summed E-state index contributed by atoms with van der Waals surface area (Å²) in [7, 11) is 0. The Kier molecular flexibility index (Phi) is 13.2. The van der Waals surface area contributed by atoms with E-state index in [1.807, 2.05) is 37.3 Å². The summed E-state index contributed by atoms with van der Waals surface area (Å²) in [6.45, 7) is 2.93. The second-order valence-electron chi connectivity index (χ2n) is 6.81. The van der Waals surface area contributed by atoms with Gasteiger partial charge in [-0.1, -0.05) is 82.2 Å². The van der Waals surface area contributed by atoms with Crippen molar-refractivity contribution in [3.05, 3.63) is 35.9 Å². The number of carbonyl (C=O) groups excluding carboxylic acids is 2.